The van der Waals surface area contributed by atoms with Gasteiger partial charge in [0, 0.05) is 29.8 Å². The molecule has 0 bridgehead atoms. The van der Waals surface area contributed by atoms with E-state index in [-0.39, 0.29) is 6.10 Å². The molecule has 0 amide bonds. The van der Waals surface area contributed by atoms with E-state index >= 15 is 0 Å². The van der Waals surface area contributed by atoms with Crippen LogP contribution in [-0.4, -0.2) is 33.7 Å². The van der Waals surface area contributed by atoms with Crippen LogP contribution in [0.1, 0.15) is 38.2 Å². The second-order valence-corrected chi connectivity index (χ2v) is 8.50. The van der Waals surface area contributed by atoms with Gasteiger partial charge in [-0.05, 0) is 62.1 Å². The quantitative estimate of drug-likeness (QED) is 0.612. The molecule has 1 aromatic heterocycles. The Morgan fingerprint density at radius 1 is 1.33 bits per heavy atom. The third kappa shape index (κ3) is 4.59. The van der Waals surface area contributed by atoms with E-state index in [9.17, 15) is 0 Å². The van der Waals surface area contributed by atoms with E-state index in [0.717, 1.165) is 60.2 Å². The average molecular weight is 401 g/mol. The van der Waals surface area contributed by atoms with Crippen molar-refractivity contribution >= 4 is 40.5 Å². The van der Waals surface area contributed by atoms with Crippen molar-refractivity contribution in [3.8, 4) is 0 Å². The van der Waals surface area contributed by atoms with E-state index in [1.54, 1.807) is 24.2 Å². The number of rotatable bonds is 5. The highest BCUT2D eigenvalue weighted by atomic mass is 32.2. The van der Waals surface area contributed by atoms with Gasteiger partial charge in [-0.3, -0.25) is 0 Å². The van der Waals surface area contributed by atoms with E-state index in [1.165, 1.54) is 10.5 Å². The van der Waals surface area contributed by atoms with Gasteiger partial charge in [0.25, 0.3) is 0 Å². The minimum Gasteiger partial charge on any atom is -0.484 e. The second-order valence-electron chi connectivity index (χ2n) is 7.01. The molecule has 0 aliphatic carbocycles. The van der Waals surface area contributed by atoms with Crippen LogP contribution >= 0.6 is 24.0 Å². The Labute approximate surface area is 169 Å². The Balaban J connectivity index is 1.39. The molecule has 2 atom stereocenters. The van der Waals surface area contributed by atoms with Crippen molar-refractivity contribution in [1.29, 1.82) is 0 Å². The van der Waals surface area contributed by atoms with Gasteiger partial charge in [0.15, 0.2) is 10.9 Å². The van der Waals surface area contributed by atoms with E-state index in [0.29, 0.717) is 6.04 Å². The van der Waals surface area contributed by atoms with Gasteiger partial charge in [-0.15, -0.1) is 0 Å². The molecule has 2 N–H and O–H groups in total. The molecule has 142 valence electrons. The van der Waals surface area contributed by atoms with Gasteiger partial charge in [-0.2, -0.15) is 0 Å². The van der Waals surface area contributed by atoms with Gasteiger partial charge >= 0.3 is 0 Å². The first-order valence-electron chi connectivity index (χ1n) is 9.53. The van der Waals surface area contributed by atoms with Gasteiger partial charge in [-0.25, -0.2) is 9.97 Å². The summed E-state index contributed by atoms with van der Waals surface area (Å²) in [5.41, 5.74) is 2.42. The minimum atomic E-state index is 0.240. The molecule has 0 spiro atoms. The second kappa shape index (κ2) is 8.54. The van der Waals surface area contributed by atoms with Crippen molar-refractivity contribution < 1.29 is 4.74 Å². The van der Waals surface area contributed by atoms with Crippen molar-refractivity contribution in [1.82, 2.24) is 15.3 Å². The van der Waals surface area contributed by atoms with Gasteiger partial charge in [0.1, 0.15) is 11.1 Å². The summed E-state index contributed by atoms with van der Waals surface area (Å²) in [6, 6.07) is 7.03. The summed E-state index contributed by atoms with van der Waals surface area (Å²) in [5, 5.41) is 8.73. The van der Waals surface area contributed by atoms with E-state index in [4.69, 9.17) is 17.0 Å². The number of benzene rings is 1. The van der Waals surface area contributed by atoms with Crippen molar-refractivity contribution in [2.24, 2.45) is 0 Å². The maximum Gasteiger partial charge on any atom is 0.163 e. The Bertz CT molecular complexity index is 829. The van der Waals surface area contributed by atoms with E-state index in [1.807, 2.05) is 0 Å². The summed E-state index contributed by atoms with van der Waals surface area (Å²) >= 11 is 7.00. The first-order valence-corrected chi connectivity index (χ1v) is 10.8. The van der Waals surface area contributed by atoms with Gasteiger partial charge < -0.3 is 15.4 Å². The van der Waals surface area contributed by atoms with Crippen LogP contribution in [0.5, 0.6) is 0 Å². The van der Waals surface area contributed by atoms with Crippen LogP contribution in [0.3, 0.4) is 0 Å². The standard InChI is InChI=1S/C20H24N4OS2/c1-2-3-18(26)25-15-6-7-21-14(12-15)10-13-4-5-17-16(11-13)24-19-20(27-17)23-9-8-22-19/h4-5,8-9,11,14-15,21H,2-3,6-7,10,12H2,1H3,(H,22,24). The Morgan fingerprint density at radius 3 is 3.11 bits per heavy atom. The largest absolute Gasteiger partial charge is 0.484 e. The molecule has 0 radical (unpaired) electrons. The molecule has 2 aliphatic rings. The van der Waals surface area contributed by atoms with Crippen LogP contribution in [0, 0.1) is 0 Å². The predicted molar refractivity (Wildman–Crippen MR) is 113 cm³/mol. The van der Waals surface area contributed by atoms with Crippen LogP contribution in [0.2, 0.25) is 0 Å². The van der Waals surface area contributed by atoms with Gasteiger partial charge in [0.05, 0.1) is 5.69 Å². The van der Waals surface area contributed by atoms with Crippen LogP contribution in [-0.2, 0) is 11.2 Å². The summed E-state index contributed by atoms with van der Waals surface area (Å²) in [6.45, 7) is 3.11. The molecular weight excluding hydrogens is 376 g/mol. The zero-order valence-electron chi connectivity index (χ0n) is 15.4. The number of ether oxygens (including phenoxy) is 1. The molecule has 1 saturated heterocycles. The molecule has 4 rings (SSSR count). The third-order valence-corrected chi connectivity index (χ3v) is 6.22. The maximum absolute atomic E-state index is 5.99. The SMILES string of the molecule is CCCC(=S)OC1CCNC(Cc2ccc3c(c2)Nc2nccnc2S3)C1. The van der Waals surface area contributed by atoms with Crippen molar-refractivity contribution in [2.75, 3.05) is 11.9 Å². The third-order valence-electron chi connectivity index (χ3n) is 4.85. The Hall–Kier alpha value is -1.70. The fraction of sp³-hybridized carbons (Fsp3) is 0.450. The number of hydrogen-bond acceptors (Lipinski definition) is 7. The highest BCUT2D eigenvalue weighted by molar-refractivity contribution is 7.99. The normalized spacial score (nSPS) is 20.9. The smallest absolute Gasteiger partial charge is 0.163 e. The summed E-state index contributed by atoms with van der Waals surface area (Å²) in [5.74, 6) is 0.834. The summed E-state index contributed by atoms with van der Waals surface area (Å²) in [4.78, 5) is 9.95. The number of piperidine rings is 1. The maximum atomic E-state index is 5.99. The van der Waals surface area contributed by atoms with Gasteiger partial charge in [0.2, 0.25) is 0 Å². The van der Waals surface area contributed by atoms with Crippen LogP contribution in [0.25, 0.3) is 0 Å². The number of nitrogens with one attached hydrogen (secondary N) is 2. The number of hydrogen-bond donors (Lipinski definition) is 2. The molecule has 2 aliphatic heterocycles. The zero-order valence-corrected chi connectivity index (χ0v) is 17.0. The molecule has 0 saturated carbocycles. The molecule has 27 heavy (non-hydrogen) atoms. The van der Waals surface area contributed by atoms with Crippen molar-refractivity contribution in [2.45, 2.75) is 61.1 Å². The fourth-order valence-corrected chi connectivity index (χ4v) is 4.79. The molecule has 1 fully saturated rings. The van der Waals surface area contributed by atoms with Gasteiger partial charge in [-0.1, -0.05) is 24.8 Å². The van der Waals surface area contributed by atoms with Crippen LogP contribution < -0.4 is 10.6 Å². The number of thiocarbonyl (C=S) groups is 1. The number of fused-ring (bicyclic) bond motifs is 2. The lowest BCUT2D eigenvalue weighted by atomic mass is 9.95. The average Bonchev–Trinajstić information content (AvgIpc) is 2.67. The molecule has 7 heteroatoms. The minimum absolute atomic E-state index is 0.240. The van der Waals surface area contributed by atoms with E-state index < -0.39 is 0 Å². The first kappa shape index (κ1) is 18.7. The van der Waals surface area contributed by atoms with E-state index in [2.05, 4.69) is 45.7 Å². The lowest BCUT2D eigenvalue weighted by molar-refractivity contribution is 0.129. The highest BCUT2D eigenvalue weighted by Crippen LogP contribution is 2.42. The number of anilines is 2. The topological polar surface area (TPSA) is 59.1 Å². The van der Waals surface area contributed by atoms with Crippen molar-refractivity contribution in [3.05, 3.63) is 36.2 Å². The molecule has 5 nitrogen and oxygen atoms in total. The fourth-order valence-electron chi connectivity index (χ4n) is 3.57. The molecular formula is C20H24N4OS2. The van der Waals surface area contributed by atoms with Crippen LogP contribution in [0.15, 0.2) is 40.5 Å². The molecule has 3 heterocycles. The van der Waals surface area contributed by atoms with Crippen molar-refractivity contribution in [3.63, 3.8) is 0 Å². The summed E-state index contributed by atoms with van der Waals surface area (Å²) < 4.78 is 5.99. The highest BCUT2D eigenvalue weighted by Gasteiger charge is 2.24. The zero-order chi connectivity index (χ0) is 18.6. The lowest BCUT2D eigenvalue weighted by Gasteiger charge is -2.31. The lowest BCUT2D eigenvalue weighted by Crippen LogP contribution is -2.43. The molecule has 1 aromatic carbocycles. The monoisotopic (exact) mass is 400 g/mol. The van der Waals surface area contributed by atoms with Crippen LogP contribution in [0.4, 0.5) is 11.5 Å². The molecule has 2 unspecified atom stereocenters. The first-order chi connectivity index (χ1) is 13.2. The number of aromatic nitrogens is 2. The Kier molecular flexibility index (Phi) is 5.90. The number of nitrogens with zero attached hydrogens (tertiary/aromatic N) is 2. The summed E-state index contributed by atoms with van der Waals surface area (Å²) in [7, 11) is 0. The predicted octanol–water partition coefficient (Wildman–Crippen LogP) is 4.49. The summed E-state index contributed by atoms with van der Waals surface area (Å²) in [6.07, 6.45) is 8.61. The Morgan fingerprint density at radius 2 is 2.22 bits per heavy atom. The molecule has 2 aromatic rings.